The molecule has 0 aliphatic heterocycles. The minimum absolute atomic E-state index is 0.302. The third kappa shape index (κ3) is 4.52. The summed E-state index contributed by atoms with van der Waals surface area (Å²) in [5, 5.41) is 14.9. The van der Waals surface area contributed by atoms with Gasteiger partial charge in [-0.05, 0) is 55.4 Å². The molecule has 4 heteroatoms. The van der Waals surface area contributed by atoms with E-state index in [2.05, 4.69) is 40.6 Å². The van der Waals surface area contributed by atoms with E-state index in [9.17, 15) is 5.11 Å². The maximum absolute atomic E-state index is 10.3. The number of benzene rings is 2. The summed E-state index contributed by atoms with van der Waals surface area (Å²) in [4.78, 5) is 3.18. The number of hydrogen-bond donors (Lipinski definition) is 3. The van der Waals surface area contributed by atoms with Crippen LogP contribution in [0.4, 0.5) is 0 Å². The van der Waals surface area contributed by atoms with Crippen LogP contribution in [-0.2, 0) is 0 Å². The molecule has 1 atom stereocenters. The second-order valence-electron chi connectivity index (χ2n) is 7.53. The zero-order chi connectivity index (χ0) is 18.5. The number of aromatic amines is 1. The number of fused-ring (bicyclic) bond motifs is 1. The molecule has 1 aromatic heterocycles. The van der Waals surface area contributed by atoms with Crippen LogP contribution in [0.2, 0.25) is 0 Å². The molecule has 1 saturated carbocycles. The van der Waals surface area contributed by atoms with Gasteiger partial charge < -0.3 is 20.1 Å². The van der Waals surface area contributed by atoms with Gasteiger partial charge in [0.1, 0.15) is 18.5 Å². The van der Waals surface area contributed by atoms with Crippen molar-refractivity contribution in [3.63, 3.8) is 0 Å². The molecule has 1 aliphatic carbocycles. The zero-order valence-electron chi connectivity index (χ0n) is 15.6. The Hall–Kier alpha value is -2.30. The number of hydrogen-bond acceptors (Lipinski definition) is 3. The highest BCUT2D eigenvalue weighted by molar-refractivity contribution is 5.85. The zero-order valence-corrected chi connectivity index (χ0v) is 15.6. The summed E-state index contributed by atoms with van der Waals surface area (Å²) >= 11 is 0. The fraction of sp³-hybridized carbons (Fsp3) is 0.391. The number of rotatable bonds is 7. The number of nitrogens with one attached hydrogen (secondary N) is 2. The Bertz CT molecular complexity index is 838. The van der Waals surface area contributed by atoms with Crippen molar-refractivity contribution < 1.29 is 9.84 Å². The van der Waals surface area contributed by atoms with E-state index in [1.165, 1.54) is 18.4 Å². The van der Waals surface area contributed by atoms with Crippen LogP contribution >= 0.6 is 0 Å². The first kappa shape index (κ1) is 18.1. The van der Waals surface area contributed by atoms with Crippen LogP contribution in [0.25, 0.3) is 10.9 Å². The van der Waals surface area contributed by atoms with Gasteiger partial charge in [-0.2, -0.15) is 0 Å². The van der Waals surface area contributed by atoms with E-state index in [-0.39, 0.29) is 0 Å². The van der Waals surface area contributed by atoms with Crippen LogP contribution < -0.4 is 10.1 Å². The van der Waals surface area contributed by atoms with Crippen LogP contribution in [-0.4, -0.2) is 35.4 Å². The van der Waals surface area contributed by atoms with Crippen molar-refractivity contribution in [2.24, 2.45) is 0 Å². The first-order valence-corrected chi connectivity index (χ1v) is 9.95. The lowest BCUT2D eigenvalue weighted by molar-refractivity contribution is 0.102. The Morgan fingerprint density at radius 2 is 1.81 bits per heavy atom. The topological polar surface area (TPSA) is 57.3 Å². The van der Waals surface area contributed by atoms with Gasteiger partial charge in [0.25, 0.3) is 0 Å². The summed E-state index contributed by atoms with van der Waals surface area (Å²) in [6.07, 6.45) is 6.14. The van der Waals surface area contributed by atoms with Gasteiger partial charge in [0.2, 0.25) is 0 Å². The Labute approximate surface area is 160 Å². The lowest BCUT2D eigenvalue weighted by Gasteiger charge is -2.30. The number of aromatic nitrogens is 1. The standard InChI is InChI=1S/C23H28N2O2/c26-20(16-27-23-8-4-7-22-21(23)13-14-24-22)15-25-19-11-9-18(10-12-19)17-5-2-1-3-6-17/h1-8,13-14,18-20,24-26H,9-12,15-16H2/t18-,19+,20?. The molecule has 27 heavy (non-hydrogen) atoms. The van der Waals surface area contributed by atoms with Gasteiger partial charge in [-0.3, -0.25) is 0 Å². The minimum atomic E-state index is -0.508. The van der Waals surface area contributed by atoms with E-state index in [1.807, 2.05) is 30.5 Å². The SMILES string of the molecule is OC(CN[C@H]1CC[C@@H](c2ccccc2)CC1)COc1cccc2[nH]ccc12. The summed E-state index contributed by atoms with van der Waals surface area (Å²) in [5.41, 5.74) is 2.51. The van der Waals surface area contributed by atoms with Gasteiger partial charge in [-0.25, -0.2) is 0 Å². The number of H-pyrrole nitrogens is 1. The molecule has 0 amide bonds. The quantitative estimate of drug-likeness (QED) is 0.588. The van der Waals surface area contributed by atoms with Crippen LogP contribution in [0.1, 0.15) is 37.2 Å². The molecule has 3 N–H and O–H groups in total. The van der Waals surface area contributed by atoms with E-state index < -0.39 is 6.10 Å². The van der Waals surface area contributed by atoms with E-state index in [1.54, 1.807) is 0 Å². The molecule has 0 saturated heterocycles. The number of ether oxygens (including phenoxy) is 1. The average Bonchev–Trinajstić information content (AvgIpc) is 3.21. The van der Waals surface area contributed by atoms with Crippen LogP contribution in [0.3, 0.4) is 0 Å². The monoisotopic (exact) mass is 364 g/mol. The molecule has 1 aliphatic rings. The predicted octanol–water partition coefficient (Wildman–Crippen LogP) is 4.22. The molecule has 4 nitrogen and oxygen atoms in total. The van der Waals surface area contributed by atoms with Crippen molar-refractivity contribution in [2.45, 2.75) is 43.7 Å². The fourth-order valence-corrected chi connectivity index (χ4v) is 4.09. The van der Waals surface area contributed by atoms with E-state index >= 15 is 0 Å². The molecular formula is C23H28N2O2. The molecule has 2 aromatic carbocycles. The number of aliphatic hydroxyl groups excluding tert-OH is 1. The highest BCUT2D eigenvalue weighted by Crippen LogP contribution is 2.32. The Balaban J connectivity index is 1.20. The normalized spacial score (nSPS) is 21.2. The van der Waals surface area contributed by atoms with Gasteiger partial charge in [0, 0.05) is 29.7 Å². The summed E-state index contributed by atoms with van der Waals surface area (Å²) < 4.78 is 5.84. The molecular weight excluding hydrogens is 336 g/mol. The predicted molar refractivity (Wildman–Crippen MR) is 109 cm³/mol. The van der Waals surface area contributed by atoms with Crippen molar-refractivity contribution in [2.75, 3.05) is 13.2 Å². The second-order valence-corrected chi connectivity index (χ2v) is 7.53. The molecule has 1 fully saturated rings. The fourth-order valence-electron chi connectivity index (χ4n) is 4.09. The van der Waals surface area contributed by atoms with Gasteiger partial charge in [-0.15, -0.1) is 0 Å². The van der Waals surface area contributed by atoms with Crippen LogP contribution in [0, 0.1) is 0 Å². The van der Waals surface area contributed by atoms with Crippen LogP contribution in [0.15, 0.2) is 60.8 Å². The van der Waals surface area contributed by atoms with Crippen LogP contribution in [0.5, 0.6) is 5.75 Å². The smallest absolute Gasteiger partial charge is 0.128 e. The van der Waals surface area contributed by atoms with E-state index in [4.69, 9.17) is 4.74 Å². The summed E-state index contributed by atoms with van der Waals surface area (Å²) in [5.74, 6) is 1.50. The molecule has 3 aromatic rings. The Morgan fingerprint density at radius 3 is 2.63 bits per heavy atom. The van der Waals surface area contributed by atoms with E-state index in [0.717, 1.165) is 29.5 Å². The summed E-state index contributed by atoms with van der Waals surface area (Å²) in [7, 11) is 0. The maximum atomic E-state index is 10.3. The van der Waals surface area contributed by atoms with Gasteiger partial charge in [-0.1, -0.05) is 36.4 Å². The minimum Gasteiger partial charge on any atom is -0.490 e. The Kier molecular flexibility index (Phi) is 5.75. The van der Waals surface area contributed by atoms with Crippen molar-refractivity contribution in [1.29, 1.82) is 0 Å². The van der Waals surface area contributed by atoms with Crippen molar-refractivity contribution >= 4 is 10.9 Å². The van der Waals surface area contributed by atoms with Gasteiger partial charge >= 0.3 is 0 Å². The maximum Gasteiger partial charge on any atom is 0.128 e. The first-order chi connectivity index (χ1) is 13.3. The first-order valence-electron chi connectivity index (χ1n) is 9.95. The number of aliphatic hydroxyl groups is 1. The molecule has 142 valence electrons. The highest BCUT2D eigenvalue weighted by atomic mass is 16.5. The Morgan fingerprint density at radius 1 is 1.00 bits per heavy atom. The molecule has 0 radical (unpaired) electrons. The molecule has 0 bridgehead atoms. The molecule has 4 rings (SSSR count). The van der Waals surface area contributed by atoms with Crippen molar-refractivity contribution in [3.8, 4) is 5.75 Å². The largest absolute Gasteiger partial charge is 0.490 e. The third-order valence-corrected chi connectivity index (χ3v) is 5.63. The second kappa shape index (κ2) is 8.59. The summed E-state index contributed by atoms with van der Waals surface area (Å²) in [6.45, 7) is 0.875. The summed E-state index contributed by atoms with van der Waals surface area (Å²) in [6, 6.07) is 19.2. The molecule has 1 unspecified atom stereocenters. The van der Waals surface area contributed by atoms with Crippen molar-refractivity contribution in [1.82, 2.24) is 10.3 Å². The molecule has 0 spiro atoms. The molecule has 1 heterocycles. The van der Waals surface area contributed by atoms with Gasteiger partial charge in [0.05, 0.1) is 0 Å². The lowest BCUT2D eigenvalue weighted by atomic mass is 9.82. The third-order valence-electron chi connectivity index (χ3n) is 5.63. The van der Waals surface area contributed by atoms with Crippen molar-refractivity contribution in [3.05, 3.63) is 66.4 Å². The average molecular weight is 364 g/mol. The lowest BCUT2D eigenvalue weighted by Crippen LogP contribution is -2.39. The van der Waals surface area contributed by atoms with Gasteiger partial charge in [0.15, 0.2) is 0 Å². The highest BCUT2D eigenvalue weighted by Gasteiger charge is 2.22. The van der Waals surface area contributed by atoms with E-state index in [0.29, 0.717) is 25.1 Å².